The Bertz CT molecular complexity index is 180. The zero-order valence-electron chi connectivity index (χ0n) is 9.45. The minimum Gasteiger partial charge on any atom is -0.447 e. The SMILES string of the molecule is ClCCl.ClCCl.ClCCl.ClCCl.ClCc1cnco1. The zero-order chi connectivity index (χ0) is 15.9. The summed E-state index contributed by atoms with van der Waals surface area (Å²) >= 11 is 43.4. The maximum atomic E-state index is 5.33. The number of hydrogen-bond acceptors (Lipinski definition) is 2. The van der Waals surface area contributed by atoms with Crippen LogP contribution in [-0.2, 0) is 5.88 Å². The average Bonchev–Trinajstić information content (AvgIpc) is 2.86. The monoisotopic (exact) mass is 453 g/mol. The van der Waals surface area contributed by atoms with Crippen molar-refractivity contribution in [1.82, 2.24) is 4.98 Å². The van der Waals surface area contributed by atoms with Gasteiger partial charge in [-0.05, 0) is 0 Å². The van der Waals surface area contributed by atoms with E-state index in [1.807, 2.05) is 0 Å². The highest BCUT2D eigenvalue weighted by atomic mass is 35.5. The first kappa shape index (κ1) is 28.9. The van der Waals surface area contributed by atoms with Gasteiger partial charge in [0, 0.05) is 0 Å². The summed E-state index contributed by atoms with van der Waals surface area (Å²) in [5.74, 6) is 1.11. The molecule has 0 spiro atoms. The molecule has 0 bridgehead atoms. The van der Waals surface area contributed by atoms with Crippen molar-refractivity contribution in [2.24, 2.45) is 0 Å². The van der Waals surface area contributed by atoms with Crippen LogP contribution in [0.3, 0.4) is 0 Å². The smallest absolute Gasteiger partial charge is 0.180 e. The van der Waals surface area contributed by atoms with Crippen LogP contribution in [0.2, 0.25) is 0 Å². The molecule has 0 radical (unpaired) electrons. The third kappa shape index (κ3) is 53.8. The lowest BCUT2D eigenvalue weighted by Crippen LogP contribution is -1.63. The molecule has 11 heteroatoms. The number of alkyl halides is 9. The molecular weight excluding hydrogens is 445 g/mol. The van der Waals surface area contributed by atoms with Gasteiger partial charge in [0.2, 0.25) is 0 Å². The summed E-state index contributed by atoms with van der Waals surface area (Å²) < 4.78 is 4.74. The number of hydrogen-bond donors (Lipinski definition) is 0. The van der Waals surface area contributed by atoms with Crippen LogP contribution in [-0.4, -0.2) is 26.3 Å². The van der Waals surface area contributed by atoms with Crippen molar-refractivity contribution in [3.8, 4) is 0 Å². The van der Waals surface area contributed by atoms with Gasteiger partial charge in [0.25, 0.3) is 0 Å². The Balaban J connectivity index is -0.0000000812. The Morgan fingerprint density at radius 2 is 1.05 bits per heavy atom. The molecule has 1 rings (SSSR count). The first-order chi connectivity index (χ1) is 9.09. The molecule has 0 saturated heterocycles. The molecule has 0 aliphatic heterocycles. The summed E-state index contributed by atoms with van der Waals surface area (Å²) in [6, 6.07) is 0. The average molecular weight is 457 g/mol. The molecule has 0 aliphatic rings. The highest BCUT2D eigenvalue weighted by Crippen LogP contribution is 1.98. The molecule has 1 heterocycles. The molecule has 0 amide bonds. The third-order valence-electron chi connectivity index (χ3n) is 0.615. The quantitative estimate of drug-likeness (QED) is 0.421. The van der Waals surface area contributed by atoms with Crippen LogP contribution in [0, 0.1) is 0 Å². The maximum absolute atomic E-state index is 5.33. The second kappa shape index (κ2) is 36.8. The fourth-order valence-electron chi connectivity index (χ4n) is 0.308. The summed E-state index contributed by atoms with van der Waals surface area (Å²) in [5.41, 5.74) is 0. The van der Waals surface area contributed by atoms with Gasteiger partial charge in [-0.25, -0.2) is 4.98 Å². The number of aromatic nitrogens is 1. The van der Waals surface area contributed by atoms with E-state index >= 15 is 0 Å². The molecule has 2 nitrogen and oxygen atoms in total. The van der Waals surface area contributed by atoms with Crippen molar-refractivity contribution in [3.05, 3.63) is 18.4 Å². The lowest BCUT2D eigenvalue weighted by molar-refractivity contribution is 0.522. The number of oxazole rings is 1. The molecule has 0 N–H and O–H groups in total. The van der Waals surface area contributed by atoms with Gasteiger partial charge in [0.05, 0.1) is 33.4 Å². The second-order valence-corrected chi connectivity index (χ2v) is 5.01. The molecule has 118 valence electrons. The first-order valence-corrected chi connectivity index (χ1v) is 8.81. The van der Waals surface area contributed by atoms with Crippen molar-refractivity contribution in [3.63, 3.8) is 0 Å². The van der Waals surface area contributed by atoms with E-state index in [9.17, 15) is 0 Å². The largest absolute Gasteiger partial charge is 0.447 e. The predicted molar refractivity (Wildman–Crippen MR) is 92.4 cm³/mol. The van der Waals surface area contributed by atoms with Crippen LogP contribution in [0.4, 0.5) is 0 Å². The van der Waals surface area contributed by atoms with Gasteiger partial charge in [-0.3, -0.25) is 0 Å². The highest BCUT2D eigenvalue weighted by molar-refractivity contribution is 6.41. The van der Waals surface area contributed by atoms with Crippen molar-refractivity contribution in [2.45, 2.75) is 5.88 Å². The fourth-order valence-corrected chi connectivity index (χ4v) is 0.440. The number of halogens is 9. The van der Waals surface area contributed by atoms with E-state index in [1.165, 1.54) is 6.39 Å². The molecule has 0 atom stereocenters. The predicted octanol–water partition coefficient (Wildman–Crippen LogP) is 7.10. The third-order valence-corrected chi connectivity index (χ3v) is 0.879. The van der Waals surface area contributed by atoms with E-state index in [0.717, 1.165) is 0 Å². The molecular formula is C8H12Cl9NO. The highest BCUT2D eigenvalue weighted by Gasteiger charge is 1.87. The van der Waals surface area contributed by atoms with Crippen molar-refractivity contribution >= 4 is 104 Å². The topological polar surface area (TPSA) is 26.0 Å². The van der Waals surface area contributed by atoms with Crippen molar-refractivity contribution in [1.29, 1.82) is 0 Å². The van der Waals surface area contributed by atoms with Gasteiger partial charge in [0.15, 0.2) is 6.39 Å². The van der Waals surface area contributed by atoms with E-state index in [1.54, 1.807) is 6.20 Å². The van der Waals surface area contributed by atoms with Crippen molar-refractivity contribution in [2.75, 3.05) is 21.4 Å². The fraction of sp³-hybridized carbons (Fsp3) is 0.625. The van der Waals surface area contributed by atoms with Gasteiger partial charge in [-0.2, -0.15) is 0 Å². The summed E-state index contributed by atoms with van der Waals surface area (Å²) in [4.78, 5) is 3.64. The van der Waals surface area contributed by atoms with Crippen LogP contribution < -0.4 is 0 Å². The Kier molecular flexibility index (Phi) is 55.9. The van der Waals surface area contributed by atoms with Gasteiger partial charge < -0.3 is 4.42 Å². The molecule has 19 heavy (non-hydrogen) atoms. The van der Waals surface area contributed by atoms with Gasteiger partial charge >= 0.3 is 0 Å². The standard InChI is InChI=1S/C4H4ClNO.4CH2Cl2/c5-1-4-2-6-3-7-4;4*2-1-3/h2-3H,1H2;4*1H2. The van der Waals surface area contributed by atoms with Gasteiger partial charge in [-0.15, -0.1) is 104 Å². The van der Waals surface area contributed by atoms with Gasteiger partial charge in [0.1, 0.15) is 5.76 Å². The Hall–Kier alpha value is 1.82. The molecule has 0 saturated carbocycles. The van der Waals surface area contributed by atoms with E-state index < -0.39 is 0 Å². The minimum atomic E-state index is 0.194. The van der Waals surface area contributed by atoms with Crippen LogP contribution in [0.5, 0.6) is 0 Å². The van der Waals surface area contributed by atoms with Crippen LogP contribution in [0.1, 0.15) is 5.76 Å². The summed E-state index contributed by atoms with van der Waals surface area (Å²) in [6.45, 7) is 0. The molecule has 0 aromatic carbocycles. The first-order valence-electron chi connectivity index (χ1n) is 4.00. The molecule has 0 unspecified atom stereocenters. The van der Waals surface area contributed by atoms with Gasteiger partial charge in [-0.1, -0.05) is 0 Å². The Labute approximate surface area is 158 Å². The normalized spacial score (nSPS) is 7.21. The summed E-state index contributed by atoms with van der Waals surface area (Å²) in [6.07, 6.45) is 2.95. The number of rotatable bonds is 1. The van der Waals surface area contributed by atoms with Crippen molar-refractivity contribution < 1.29 is 4.42 Å². The number of nitrogens with zero attached hydrogens (tertiary/aromatic N) is 1. The maximum Gasteiger partial charge on any atom is 0.180 e. The minimum absolute atomic E-state index is 0.194. The summed E-state index contributed by atoms with van der Waals surface area (Å²) in [7, 11) is 0. The van der Waals surface area contributed by atoms with E-state index in [4.69, 9.17) is 109 Å². The zero-order valence-corrected chi connectivity index (χ0v) is 16.3. The molecule has 1 aromatic rings. The van der Waals surface area contributed by atoms with E-state index in [-0.39, 0.29) is 21.4 Å². The summed E-state index contributed by atoms with van der Waals surface area (Å²) in [5, 5.41) is 0.778. The molecule has 1 aromatic heterocycles. The van der Waals surface area contributed by atoms with Crippen LogP contribution in [0.15, 0.2) is 17.0 Å². The van der Waals surface area contributed by atoms with E-state index in [0.29, 0.717) is 11.6 Å². The lowest BCUT2D eigenvalue weighted by Gasteiger charge is -1.75. The lowest BCUT2D eigenvalue weighted by atomic mass is 10.6. The second-order valence-electron chi connectivity index (χ2n) is 1.51. The van der Waals surface area contributed by atoms with E-state index in [2.05, 4.69) is 4.98 Å². The Morgan fingerprint density at radius 3 is 1.16 bits per heavy atom. The molecule has 0 fully saturated rings. The Morgan fingerprint density at radius 1 is 0.737 bits per heavy atom. The van der Waals surface area contributed by atoms with Crippen LogP contribution >= 0.6 is 104 Å². The molecule has 0 aliphatic carbocycles. The van der Waals surface area contributed by atoms with Crippen LogP contribution in [0.25, 0.3) is 0 Å².